The van der Waals surface area contributed by atoms with Crippen LogP contribution in [0.1, 0.15) is 11.1 Å². The van der Waals surface area contributed by atoms with Crippen molar-refractivity contribution in [3.63, 3.8) is 0 Å². The Morgan fingerprint density at radius 2 is 1.42 bits per heavy atom. The molecule has 0 atom stereocenters. The first-order chi connectivity index (χ1) is 11.9. The summed E-state index contributed by atoms with van der Waals surface area (Å²) >= 11 is 0. The van der Waals surface area contributed by atoms with Gasteiger partial charge in [0.2, 0.25) is 0 Å². The molecule has 24 heavy (non-hydrogen) atoms. The molecule has 116 valence electrons. The molecule has 1 aromatic heterocycles. The van der Waals surface area contributed by atoms with E-state index >= 15 is 0 Å². The standard InChI is InChI=1S/C22H18N2/c1-3-9-18(10-4-1)16-24-17-19(21-13-7-8-14-22(21)24)15-23-20-11-5-2-6-12-20/h1-15,17H,16H2. The van der Waals surface area contributed by atoms with Crippen molar-refractivity contribution in [2.24, 2.45) is 4.99 Å². The van der Waals surface area contributed by atoms with Crippen molar-refractivity contribution in [3.05, 3.63) is 102 Å². The highest BCUT2D eigenvalue weighted by atomic mass is 15.0. The van der Waals surface area contributed by atoms with Crippen molar-refractivity contribution in [2.75, 3.05) is 0 Å². The van der Waals surface area contributed by atoms with Gasteiger partial charge in [0.25, 0.3) is 0 Å². The van der Waals surface area contributed by atoms with Crippen LogP contribution in [0, 0.1) is 0 Å². The van der Waals surface area contributed by atoms with Crippen molar-refractivity contribution in [1.29, 1.82) is 0 Å². The second-order valence-electron chi connectivity index (χ2n) is 5.81. The number of nitrogens with zero attached hydrogens (tertiary/aromatic N) is 2. The summed E-state index contributed by atoms with van der Waals surface area (Å²) in [6.45, 7) is 0.862. The molecule has 0 fully saturated rings. The zero-order chi connectivity index (χ0) is 16.2. The van der Waals surface area contributed by atoms with Crippen LogP contribution < -0.4 is 0 Å². The predicted molar refractivity (Wildman–Crippen MR) is 101 cm³/mol. The second-order valence-corrected chi connectivity index (χ2v) is 5.81. The highest BCUT2D eigenvalue weighted by molar-refractivity contribution is 6.00. The van der Waals surface area contributed by atoms with Crippen LogP contribution in [0.25, 0.3) is 10.9 Å². The Morgan fingerprint density at radius 3 is 2.21 bits per heavy atom. The van der Waals surface area contributed by atoms with Gasteiger partial charge in [-0.1, -0.05) is 66.7 Å². The minimum atomic E-state index is 0.862. The van der Waals surface area contributed by atoms with E-state index in [1.807, 2.05) is 36.5 Å². The number of benzene rings is 3. The normalized spacial score (nSPS) is 11.3. The van der Waals surface area contributed by atoms with Gasteiger partial charge in [-0.25, -0.2) is 0 Å². The zero-order valence-corrected chi connectivity index (χ0v) is 13.3. The van der Waals surface area contributed by atoms with E-state index in [0.29, 0.717) is 0 Å². The summed E-state index contributed by atoms with van der Waals surface area (Å²) < 4.78 is 2.29. The molecule has 0 unspecified atom stereocenters. The third-order valence-electron chi connectivity index (χ3n) is 4.12. The molecular formula is C22H18N2. The molecule has 2 nitrogen and oxygen atoms in total. The quantitative estimate of drug-likeness (QED) is 0.447. The Bertz CT molecular complexity index is 967. The summed E-state index contributed by atoms with van der Waals surface area (Å²) in [5, 5.41) is 1.23. The fourth-order valence-corrected chi connectivity index (χ4v) is 2.95. The molecule has 0 aliphatic heterocycles. The van der Waals surface area contributed by atoms with Crippen LogP contribution >= 0.6 is 0 Å². The number of hydrogen-bond acceptors (Lipinski definition) is 1. The van der Waals surface area contributed by atoms with E-state index in [4.69, 9.17) is 0 Å². The average molecular weight is 310 g/mol. The van der Waals surface area contributed by atoms with Gasteiger partial charge >= 0.3 is 0 Å². The fourth-order valence-electron chi connectivity index (χ4n) is 2.95. The Morgan fingerprint density at radius 1 is 0.750 bits per heavy atom. The van der Waals surface area contributed by atoms with Gasteiger partial charge in [0.15, 0.2) is 0 Å². The molecule has 0 bridgehead atoms. The zero-order valence-electron chi connectivity index (χ0n) is 13.3. The monoisotopic (exact) mass is 310 g/mol. The van der Waals surface area contributed by atoms with Gasteiger partial charge in [-0.05, 0) is 23.8 Å². The van der Waals surface area contributed by atoms with E-state index in [1.165, 1.54) is 16.5 Å². The SMILES string of the molecule is C(=Nc1ccccc1)c1cn(Cc2ccccc2)c2ccccc12. The Labute approximate surface area is 141 Å². The van der Waals surface area contributed by atoms with Crippen molar-refractivity contribution < 1.29 is 0 Å². The van der Waals surface area contributed by atoms with Gasteiger partial charge in [0, 0.05) is 35.4 Å². The third-order valence-corrected chi connectivity index (χ3v) is 4.12. The first kappa shape index (κ1) is 14.5. The molecule has 0 aliphatic rings. The Hall–Kier alpha value is -3.13. The smallest absolute Gasteiger partial charge is 0.0629 e. The van der Waals surface area contributed by atoms with Crippen molar-refractivity contribution in [2.45, 2.75) is 6.54 Å². The molecule has 4 rings (SSSR count). The molecule has 0 amide bonds. The summed E-state index contributed by atoms with van der Waals surface area (Å²) in [5.74, 6) is 0. The first-order valence-electron chi connectivity index (χ1n) is 8.11. The summed E-state index contributed by atoms with van der Waals surface area (Å²) in [6, 6.07) is 29.1. The first-order valence-corrected chi connectivity index (χ1v) is 8.11. The van der Waals surface area contributed by atoms with E-state index in [1.54, 1.807) is 0 Å². The van der Waals surface area contributed by atoms with Crippen LogP contribution in [0.5, 0.6) is 0 Å². The van der Waals surface area contributed by atoms with Crippen LogP contribution in [0.2, 0.25) is 0 Å². The minimum Gasteiger partial charge on any atom is -0.342 e. The van der Waals surface area contributed by atoms with Crippen LogP contribution in [0.3, 0.4) is 0 Å². The molecule has 1 heterocycles. The third kappa shape index (κ3) is 2.99. The lowest BCUT2D eigenvalue weighted by atomic mass is 10.2. The summed E-state index contributed by atoms with van der Waals surface area (Å²) in [7, 11) is 0. The Kier molecular flexibility index (Phi) is 3.95. The molecule has 2 heteroatoms. The van der Waals surface area contributed by atoms with E-state index in [2.05, 4.69) is 70.4 Å². The van der Waals surface area contributed by atoms with E-state index in [0.717, 1.165) is 17.8 Å². The maximum atomic E-state index is 4.61. The number of aliphatic imine (C=N–C) groups is 1. The molecule has 4 aromatic rings. The van der Waals surface area contributed by atoms with Crippen LogP contribution in [0.15, 0.2) is 96.1 Å². The van der Waals surface area contributed by atoms with Crippen LogP contribution in [0.4, 0.5) is 5.69 Å². The van der Waals surface area contributed by atoms with Crippen molar-refractivity contribution in [1.82, 2.24) is 4.57 Å². The number of hydrogen-bond donors (Lipinski definition) is 0. The molecule has 0 aliphatic carbocycles. The second kappa shape index (κ2) is 6.55. The maximum Gasteiger partial charge on any atom is 0.0629 e. The number of fused-ring (bicyclic) bond motifs is 1. The largest absolute Gasteiger partial charge is 0.342 e. The number of para-hydroxylation sites is 2. The van der Waals surface area contributed by atoms with E-state index in [9.17, 15) is 0 Å². The molecule has 0 radical (unpaired) electrons. The number of rotatable bonds is 4. The topological polar surface area (TPSA) is 17.3 Å². The fraction of sp³-hybridized carbons (Fsp3) is 0.0455. The van der Waals surface area contributed by atoms with E-state index < -0.39 is 0 Å². The van der Waals surface area contributed by atoms with Gasteiger partial charge in [-0.3, -0.25) is 4.99 Å². The van der Waals surface area contributed by atoms with Gasteiger partial charge in [0.05, 0.1) is 5.69 Å². The molecule has 3 aromatic carbocycles. The molecule has 0 N–H and O–H groups in total. The Balaban J connectivity index is 1.73. The molecule has 0 saturated heterocycles. The molecule has 0 saturated carbocycles. The van der Waals surface area contributed by atoms with E-state index in [-0.39, 0.29) is 0 Å². The van der Waals surface area contributed by atoms with Gasteiger partial charge < -0.3 is 4.57 Å². The minimum absolute atomic E-state index is 0.862. The van der Waals surface area contributed by atoms with Gasteiger partial charge in [0.1, 0.15) is 0 Å². The lowest BCUT2D eigenvalue weighted by Crippen LogP contribution is -1.97. The molecular weight excluding hydrogens is 292 g/mol. The highest BCUT2D eigenvalue weighted by Crippen LogP contribution is 2.22. The van der Waals surface area contributed by atoms with Crippen LogP contribution in [-0.4, -0.2) is 10.8 Å². The average Bonchev–Trinajstić information content (AvgIpc) is 3.00. The van der Waals surface area contributed by atoms with Crippen LogP contribution in [-0.2, 0) is 6.54 Å². The van der Waals surface area contributed by atoms with Gasteiger partial charge in [-0.15, -0.1) is 0 Å². The maximum absolute atomic E-state index is 4.61. The predicted octanol–water partition coefficient (Wildman–Crippen LogP) is 5.44. The highest BCUT2D eigenvalue weighted by Gasteiger charge is 2.06. The van der Waals surface area contributed by atoms with Gasteiger partial charge in [-0.2, -0.15) is 0 Å². The van der Waals surface area contributed by atoms with Crippen molar-refractivity contribution >= 4 is 22.8 Å². The lowest BCUT2D eigenvalue weighted by molar-refractivity contribution is 0.836. The lowest BCUT2D eigenvalue weighted by Gasteiger charge is -2.05. The summed E-state index contributed by atoms with van der Waals surface area (Å²) in [5.41, 5.74) is 4.64. The van der Waals surface area contributed by atoms with Crippen molar-refractivity contribution in [3.8, 4) is 0 Å². The summed E-state index contributed by atoms with van der Waals surface area (Å²) in [4.78, 5) is 4.61. The number of aromatic nitrogens is 1. The molecule has 0 spiro atoms. The summed E-state index contributed by atoms with van der Waals surface area (Å²) in [6.07, 6.45) is 4.14.